The monoisotopic (exact) mass is 339 g/mol. The highest BCUT2D eigenvalue weighted by Gasteiger charge is 2.41. The van der Waals surface area contributed by atoms with Crippen molar-refractivity contribution in [2.75, 3.05) is 13.1 Å². The predicted octanol–water partition coefficient (Wildman–Crippen LogP) is 2.68. The highest BCUT2D eigenvalue weighted by molar-refractivity contribution is 7.92. The van der Waals surface area contributed by atoms with E-state index >= 15 is 0 Å². The molecule has 3 rings (SSSR count). The molecule has 0 radical (unpaired) electrons. The van der Waals surface area contributed by atoms with Crippen molar-refractivity contribution in [3.8, 4) is 0 Å². The Hall–Kier alpha value is -1.33. The van der Waals surface area contributed by atoms with Crippen LogP contribution in [0.25, 0.3) is 0 Å². The molecule has 0 bridgehead atoms. The maximum absolute atomic E-state index is 12.5. The lowest BCUT2D eigenvalue weighted by Gasteiger charge is -2.40. The number of rotatable bonds is 3. The van der Waals surface area contributed by atoms with E-state index in [-0.39, 0.29) is 16.7 Å². The Labute approximate surface area is 135 Å². The first-order valence-electron chi connectivity index (χ1n) is 7.42. The molecule has 0 unspecified atom stereocenters. The van der Waals surface area contributed by atoms with E-state index in [2.05, 4.69) is 6.08 Å². The fraction of sp³-hybridized carbons (Fsp3) is 0.438. The number of nitrogens with zero attached hydrogens (tertiary/aromatic N) is 1. The largest absolute Gasteiger partial charge is 0.340 e. The minimum Gasteiger partial charge on any atom is -0.340 e. The molecule has 0 spiro atoms. The maximum atomic E-state index is 12.5. The number of carbonyl (C=O) groups is 1. The molecular formula is C16H18ClNO3S. The van der Waals surface area contributed by atoms with Crippen LogP contribution >= 0.6 is 11.6 Å². The fourth-order valence-electron chi connectivity index (χ4n) is 2.91. The number of benzene rings is 1. The second-order valence-electron chi connectivity index (χ2n) is 5.85. The Balaban J connectivity index is 1.63. The minimum absolute atomic E-state index is 0.0178. The summed E-state index contributed by atoms with van der Waals surface area (Å²) in [7, 11) is -3.38. The van der Waals surface area contributed by atoms with Crippen molar-refractivity contribution in [2.24, 2.45) is 5.92 Å². The molecule has 1 aromatic carbocycles. The zero-order chi connectivity index (χ0) is 15.7. The SMILES string of the molecule is O=C([C@@H]1CC=CCC1)N1CC(S(=O)(=O)c2ccc(Cl)cc2)C1. The normalized spacial score (nSPS) is 22.4. The van der Waals surface area contributed by atoms with Crippen molar-refractivity contribution in [2.45, 2.75) is 29.4 Å². The molecule has 1 amide bonds. The Morgan fingerprint density at radius 3 is 2.41 bits per heavy atom. The summed E-state index contributed by atoms with van der Waals surface area (Å²) in [5.74, 6) is 0.107. The summed E-state index contributed by atoms with van der Waals surface area (Å²) >= 11 is 5.79. The number of hydrogen-bond acceptors (Lipinski definition) is 3. The van der Waals surface area contributed by atoms with Gasteiger partial charge in [0.25, 0.3) is 0 Å². The summed E-state index contributed by atoms with van der Waals surface area (Å²) in [6, 6.07) is 6.19. The van der Waals surface area contributed by atoms with Crippen LogP contribution in [-0.2, 0) is 14.6 Å². The molecule has 0 saturated carbocycles. The third-order valence-corrected chi connectivity index (χ3v) is 6.72. The van der Waals surface area contributed by atoms with E-state index in [0.717, 1.165) is 19.3 Å². The highest BCUT2D eigenvalue weighted by Crippen LogP contribution is 2.28. The summed E-state index contributed by atoms with van der Waals surface area (Å²) in [6.07, 6.45) is 6.68. The topological polar surface area (TPSA) is 54.5 Å². The van der Waals surface area contributed by atoms with Gasteiger partial charge in [-0.15, -0.1) is 0 Å². The van der Waals surface area contributed by atoms with E-state index in [1.54, 1.807) is 17.0 Å². The van der Waals surface area contributed by atoms with Crippen LogP contribution in [0.15, 0.2) is 41.3 Å². The lowest BCUT2D eigenvalue weighted by molar-refractivity contribution is -0.139. The molecule has 1 atom stereocenters. The first-order chi connectivity index (χ1) is 10.5. The number of allylic oxidation sites excluding steroid dienone is 2. The third-order valence-electron chi connectivity index (χ3n) is 4.36. The summed E-state index contributed by atoms with van der Waals surface area (Å²) in [6.45, 7) is 0.591. The van der Waals surface area contributed by atoms with Crippen molar-refractivity contribution in [3.63, 3.8) is 0 Å². The molecule has 1 aromatic rings. The highest BCUT2D eigenvalue weighted by atomic mass is 35.5. The van der Waals surface area contributed by atoms with Crippen LogP contribution < -0.4 is 0 Å². The van der Waals surface area contributed by atoms with Crippen molar-refractivity contribution < 1.29 is 13.2 Å². The van der Waals surface area contributed by atoms with E-state index in [1.807, 2.05) is 6.08 Å². The molecule has 118 valence electrons. The molecular weight excluding hydrogens is 322 g/mol. The summed E-state index contributed by atoms with van der Waals surface area (Å²) in [4.78, 5) is 14.3. The van der Waals surface area contributed by atoms with Crippen LogP contribution in [0.5, 0.6) is 0 Å². The number of sulfone groups is 1. The lowest BCUT2D eigenvalue weighted by atomic mass is 9.92. The first kappa shape index (κ1) is 15.6. The predicted molar refractivity (Wildman–Crippen MR) is 85.5 cm³/mol. The molecule has 6 heteroatoms. The van der Waals surface area contributed by atoms with Gasteiger partial charge in [0.2, 0.25) is 5.91 Å². The second-order valence-corrected chi connectivity index (χ2v) is 8.51. The van der Waals surface area contributed by atoms with Gasteiger partial charge in [0, 0.05) is 24.0 Å². The van der Waals surface area contributed by atoms with Crippen molar-refractivity contribution in [1.29, 1.82) is 0 Å². The Kier molecular flexibility index (Phi) is 4.28. The standard InChI is InChI=1S/C16H18ClNO3S/c17-13-6-8-14(9-7-13)22(20,21)15-10-18(11-15)16(19)12-4-2-1-3-5-12/h1-2,6-9,12,15H,3-5,10-11H2/t12-/m1/s1. The number of halogens is 1. The molecule has 1 aliphatic carbocycles. The molecule has 1 saturated heterocycles. The summed E-state index contributed by atoms with van der Waals surface area (Å²) in [5.41, 5.74) is 0. The molecule has 2 aliphatic rings. The van der Waals surface area contributed by atoms with E-state index in [4.69, 9.17) is 11.6 Å². The Bertz CT molecular complexity index is 691. The van der Waals surface area contributed by atoms with Gasteiger partial charge in [-0.2, -0.15) is 0 Å². The zero-order valence-corrected chi connectivity index (χ0v) is 13.7. The second kappa shape index (κ2) is 6.05. The average molecular weight is 340 g/mol. The van der Waals surface area contributed by atoms with Gasteiger partial charge in [0.1, 0.15) is 5.25 Å². The number of amides is 1. The van der Waals surface area contributed by atoms with Gasteiger partial charge >= 0.3 is 0 Å². The van der Waals surface area contributed by atoms with Crippen LogP contribution in [0.1, 0.15) is 19.3 Å². The Morgan fingerprint density at radius 1 is 1.14 bits per heavy atom. The molecule has 0 aromatic heterocycles. The van der Waals surface area contributed by atoms with Crippen molar-refractivity contribution >= 4 is 27.3 Å². The molecule has 4 nitrogen and oxygen atoms in total. The lowest BCUT2D eigenvalue weighted by Crippen LogP contribution is -2.58. The summed E-state index contributed by atoms with van der Waals surface area (Å²) < 4.78 is 25.0. The molecule has 0 N–H and O–H groups in total. The average Bonchev–Trinajstić information content (AvgIpc) is 2.46. The van der Waals surface area contributed by atoms with Crippen LogP contribution in [0.2, 0.25) is 5.02 Å². The van der Waals surface area contributed by atoms with Gasteiger partial charge < -0.3 is 4.90 Å². The number of likely N-dealkylation sites (tertiary alicyclic amines) is 1. The van der Waals surface area contributed by atoms with Gasteiger partial charge in [0.15, 0.2) is 9.84 Å². The van der Waals surface area contributed by atoms with Crippen molar-refractivity contribution in [3.05, 3.63) is 41.4 Å². The van der Waals surface area contributed by atoms with Crippen LogP contribution in [-0.4, -0.2) is 37.6 Å². The van der Waals surface area contributed by atoms with Gasteiger partial charge in [0.05, 0.1) is 4.90 Å². The third kappa shape index (κ3) is 2.92. The smallest absolute Gasteiger partial charge is 0.226 e. The molecule has 22 heavy (non-hydrogen) atoms. The first-order valence-corrected chi connectivity index (χ1v) is 9.34. The maximum Gasteiger partial charge on any atom is 0.226 e. The molecule has 1 aliphatic heterocycles. The van der Waals surface area contributed by atoms with E-state index in [1.165, 1.54) is 12.1 Å². The van der Waals surface area contributed by atoms with Gasteiger partial charge in [-0.05, 0) is 43.5 Å². The van der Waals surface area contributed by atoms with Gasteiger partial charge in [-0.1, -0.05) is 23.8 Å². The zero-order valence-electron chi connectivity index (χ0n) is 12.1. The number of hydrogen-bond donors (Lipinski definition) is 0. The van der Waals surface area contributed by atoms with E-state index < -0.39 is 15.1 Å². The molecule has 1 heterocycles. The van der Waals surface area contributed by atoms with Gasteiger partial charge in [-0.3, -0.25) is 4.79 Å². The minimum atomic E-state index is -3.38. The Morgan fingerprint density at radius 2 is 1.82 bits per heavy atom. The summed E-state index contributed by atoms with van der Waals surface area (Å²) in [5, 5.41) is 0.00600. The van der Waals surface area contributed by atoms with Crippen molar-refractivity contribution in [1.82, 2.24) is 4.90 Å². The van der Waals surface area contributed by atoms with E-state index in [9.17, 15) is 13.2 Å². The van der Waals surface area contributed by atoms with Crippen LogP contribution in [0.4, 0.5) is 0 Å². The van der Waals surface area contributed by atoms with Crippen LogP contribution in [0, 0.1) is 5.92 Å². The van der Waals surface area contributed by atoms with Gasteiger partial charge in [-0.25, -0.2) is 8.42 Å². The quantitative estimate of drug-likeness (QED) is 0.795. The molecule has 1 fully saturated rings. The van der Waals surface area contributed by atoms with Crippen LogP contribution in [0.3, 0.4) is 0 Å². The number of carbonyl (C=O) groups excluding carboxylic acids is 1. The fourth-order valence-corrected chi connectivity index (χ4v) is 4.69. The van der Waals surface area contributed by atoms with E-state index in [0.29, 0.717) is 18.1 Å².